The monoisotopic (exact) mass is 444 g/mol. The highest BCUT2D eigenvalue weighted by Gasteiger charge is 2.15. The van der Waals surface area contributed by atoms with Crippen molar-refractivity contribution in [3.05, 3.63) is 59.1 Å². The van der Waals surface area contributed by atoms with Crippen LogP contribution in [0.5, 0.6) is 11.5 Å². The van der Waals surface area contributed by atoms with Gasteiger partial charge in [-0.3, -0.25) is 9.59 Å². The summed E-state index contributed by atoms with van der Waals surface area (Å²) in [7, 11) is 3.15. The third-order valence-corrected chi connectivity index (χ3v) is 5.98. The lowest BCUT2D eigenvalue weighted by Gasteiger charge is -2.11. The van der Waals surface area contributed by atoms with Crippen LogP contribution < -0.4 is 20.1 Å². The summed E-state index contributed by atoms with van der Waals surface area (Å²) in [5, 5.41) is 13.7. The average Bonchev–Trinajstić information content (AvgIpc) is 3.26. The van der Waals surface area contributed by atoms with Gasteiger partial charge in [0.2, 0.25) is 10.9 Å². The molecular formula is C20H20N4O4S2. The number of amides is 2. The Morgan fingerprint density at radius 2 is 1.87 bits per heavy atom. The van der Waals surface area contributed by atoms with E-state index in [1.54, 1.807) is 38.5 Å². The van der Waals surface area contributed by atoms with Gasteiger partial charge in [-0.1, -0.05) is 41.3 Å². The van der Waals surface area contributed by atoms with Crippen molar-refractivity contribution < 1.29 is 19.1 Å². The third kappa shape index (κ3) is 5.94. The van der Waals surface area contributed by atoms with Gasteiger partial charge in [0.15, 0.2) is 4.34 Å². The predicted molar refractivity (Wildman–Crippen MR) is 116 cm³/mol. The van der Waals surface area contributed by atoms with Crippen LogP contribution in [-0.4, -0.2) is 42.0 Å². The molecule has 0 saturated heterocycles. The number of aromatic nitrogens is 2. The minimum atomic E-state index is -0.333. The van der Waals surface area contributed by atoms with Crippen LogP contribution in [0.25, 0.3) is 0 Å². The second kappa shape index (κ2) is 10.6. The molecule has 1 aromatic heterocycles. The van der Waals surface area contributed by atoms with E-state index in [4.69, 9.17) is 9.47 Å². The zero-order valence-corrected chi connectivity index (χ0v) is 18.0. The highest BCUT2D eigenvalue weighted by atomic mass is 32.2. The Morgan fingerprint density at radius 1 is 1.07 bits per heavy atom. The van der Waals surface area contributed by atoms with E-state index in [0.29, 0.717) is 28.1 Å². The van der Waals surface area contributed by atoms with E-state index < -0.39 is 0 Å². The number of nitrogens with zero attached hydrogens (tertiary/aromatic N) is 2. The van der Waals surface area contributed by atoms with Crippen molar-refractivity contribution in [2.24, 2.45) is 0 Å². The maximum absolute atomic E-state index is 12.2. The van der Waals surface area contributed by atoms with Crippen LogP contribution in [0.1, 0.15) is 15.4 Å². The number of anilines is 1. The molecule has 2 aromatic carbocycles. The van der Waals surface area contributed by atoms with Gasteiger partial charge in [-0.25, -0.2) is 0 Å². The van der Waals surface area contributed by atoms with Gasteiger partial charge in [-0.15, -0.1) is 10.2 Å². The molecule has 0 fully saturated rings. The van der Waals surface area contributed by atoms with Gasteiger partial charge in [0.05, 0.1) is 20.0 Å². The van der Waals surface area contributed by atoms with Crippen LogP contribution >= 0.6 is 23.1 Å². The molecule has 0 atom stereocenters. The SMILES string of the molecule is COc1ccc(OC)c(CNC(=O)CSc2nnc(C(=O)Nc3ccccc3)s2)c1. The second-order valence-corrected chi connectivity index (χ2v) is 8.14. The van der Waals surface area contributed by atoms with Gasteiger partial charge in [0, 0.05) is 17.8 Å². The highest BCUT2D eigenvalue weighted by Crippen LogP contribution is 2.25. The molecule has 0 saturated carbocycles. The first-order valence-electron chi connectivity index (χ1n) is 8.89. The van der Waals surface area contributed by atoms with Crippen molar-refractivity contribution in [1.82, 2.24) is 15.5 Å². The molecule has 0 aliphatic carbocycles. The van der Waals surface area contributed by atoms with Crippen LogP contribution in [0.4, 0.5) is 5.69 Å². The predicted octanol–water partition coefficient (Wildman–Crippen LogP) is 3.22. The number of rotatable bonds is 9. The first kappa shape index (κ1) is 21.6. The highest BCUT2D eigenvalue weighted by molar-refractivity contribution is 8.01. The Labute approximate surface area is 182 Å². The van der Waals surface area contributed by atoms with E-state index in [2.05, 4.69) is 20.8 Å². The third-order valence-electron chi connectivity index (χ3n) is 3.92. The molecule has 0 unspecified atom stereocenters. The topological polar surface area (TPSA) is 102 Å². The van der Waals surface area contributed by atoms with E-state index in [9.17, 15) is 9.59 Å². The van der Waals surface area contributed by atoms with Crippen molar-refractivity contribution in [2.75, 3.05) is 25.3 Å². The molecule has 30 heavy (non-hydrogen) atoms. The lowest BCUT2D eigenvalue weighted by Crippen LogP contribution is -2.24. The maximum Gasteiger partial charge on any atom is 0.286 e. The number of carbonyl (C=O) groups is 2. The summed E-state index contributed by atoms with van der Waals surface area (Å²) >= 11 is 2.36. The summed E-state index contributed by atoms with van der Waals surface area (Å²) in [5.74, 6) is 1.00. The number of ether oxygens (including phenoxy) is 2. The smallest absolute Gasteiger partial charge is 0.286 e. The van der Waals surface area contributed by atoms with Gasteiger partial charge in [-0.05, 0) is 30.3 Å². The Hall–Kier alpha value is -3.11. The largest absolute Gasteiger partial charge is 0.497 e. The van der Waals surface area contributed by atoms with Crippen molar-refractivity contribution in [3.8, 4) is 11.5 Å². The fourth-order valence-electron chi connectivity index (χ4n) is 2.46. The summed E-state index contributed by atoms with van der Waals surface area (Å²) in [6.45, 7) is 0.306. The Bertz CT molecular complexity index is 1010. The van der Waals surface area contributed by atoms with E-state index >= 15 is 0 Å². The molecule has 0 bridgehead atoms. The van der Waals surface area contributed by atoms with Crippen molar-refractivity contribution >= 4 is 40.6 Å². The number of para-hydroxylation sites is 1. The maximum atomic E-state index is 12.2. The second-order valence-electron chi connectivity index (χ2n) is 5.94. The molecule has 8 nitrogen and oxygen atoms in total. The number of hydrogen-bond donors (Lipinski definition) is 2. The molecule has 0 aliphatic rings. The molecular weight excluding hydrogens is 424 g/mol. The number of nitrogens with one attached hydrogen (secondary N) is 2. The molecule has 1 heterocycles. The van der Waals surface area contributed by atoms with Crippen LogP contribution in [-0.2, 0) is 11.3 Å². The number of benzene rings is 2. The fraction of sp³-hybridized carbons (Fsp3) is 0.200. The van der Waals surface area contributed by atoms with E-state index in [-0.39, 0.29) is 22.6 Å². The summed E-state index contributed by atoms with van der Waals surface area (Å²) in [6, 6.07) is 14.5. The molecule has 0 spiro atoms. The molecule has 2 amide bonds. The summed E-state index contributed by atoms with van der Waals surface area (Å²) < 4.78 is 11.1. The molecule has 0 aliphatic heterocycles. The van der Waals surface area contributed by atoms with Crippen molar-refractivity contribution in [2.45, 2.75) is 10.9 Å². The average molecular weight is 445 g/mol. The molecule has 156 valence electrons. The summed E-state index contributed by atoms with van der Waals surface area (Å²) in [5.41, 5.74) is 1.49. The van der Waals surface area contributed by atoms with Gasteiger partial charge in [-0.2, -0.15) is 0 Å². The van der Waals surface area contributed by atoms with Crippen molar-refractivity contribution in [1.29, 1.82) is 0 Å². The Kier molecular flexibility index (Phi) is 7.63. The summed E-state index contributed by atoms with van der Waals surface area (Å²) in [4.78, 5) is 24.4. The molecule has 3 aromatic rings. The molecule has 3 rings (SSSR count). The van der Waals surface area contributed by atoms with Gasteiger partial charge in [0.1, 0.15) is 11.5 Å². The van der Waals surface area contributed by atoms with Crippen LogP contribution in [0.2, 0.25) is 0 Å². The van der Waals surface area contributed by atoms with E-state index in [1.807, 2.05) is 24.3 Å². The Morgan fingerprint density at radius 3 is 2.60 bits per heavy atom. The minimum absolute atomic E-state index is 0.154. The van der Waals surface area contributed by atoms with Crippen LogP contribution in [0, 0.1) is 0 Å². The summed E-state index contributed by atoms with van der Waals surface area (Å²) in [6.07, 6.45) is 0. The lowest BCUT2D eigenvalue weighted by atomic mass is 10.2. The molecule has 0 radical (unpaired) electrons. The van der Waals surface area contributed by atoms with Crippen LogP contribution in [0.3, 0.4) is 0 Å². The standard InChI is InChI=1S/C20H20N4O4S2/c1-27-15-8-9-16(28-2)13(10-15)11-21-17(25)12-29-20-24-23-19(30-20)18(26)22-14-6-4-3-5-7-14/h3-10H,11-12H2,1-2H3,(H,21,25)(H,22,26). The minimum Gasteiger partial charge on any atom is -0.497 e. The Balaban J connectivity index is 1.49. The zero-order valence-electron chi connectivity index (χ0n) is 16.4. The number of thioether (sulfide) groups is 1. The number of methoxy groups -OCH3 is 2. The van der Waals surface area contributed by atoms with Gasteiger partial charge in [0.25, 0.3) is 5.91 Å². The normalized spacial score (nSPS) is 10.3. The van der Waals surface area contributed by atoms with Crippen molar-refractivity contribution in [3.63, 3.8) is 0 Å². The van der Waals surface area contributed by atoms with Gasteiger partial charge >= 0.3 is 0 Å². The zero-order chi connectivity index (χ0) is 21.3. The number of hydrogen-bond acceptors (Lipinski definition) is 8. The first-order valence-corrected chi connectivity index (χ1v) is 10.7. The van der Waals surface area contributed by atoms with E-state index in [0.717, 1.165) is 16.9 Å². The lowest BCUT2D eigenvalue weighted by molar-refractivity contribution is -0.118. The quantitative estimate of drug-likeness (QED) is 0.489. The molecule has 10 heteroatoms. The molecule has 2 N–H and O–H groups in total. The van der Waals surface area contributed by atoms with E-state index in [1.165, 1.54) is 11.8 Å². The van der Waals surface area contributed by atoms with Gasteiger partial charge < -0.3 is 20.1 Å². The first-order chi connectivity index (χ1) is 14.6. The number of carbonyl (C=O) groups excluding carboxylic acids is 2. The van der Waals surface area contributed by atoms with Crippen LogP contribution in [0.15, 0.2) is 52.9 Å². The fourth-order valence-corrected chi connectivity index (χ4v) is 4.04.